The minimum Gasteiger partial charge on any atom is -0.496 e. The molecule has 1 aromatic rings. The Hall–Kier alpha value is -2.11. The summed E-state index contributed by atoms with van der Waals surface area (Å²) in [6, 6.07) is 2.17. The number of ether oxygens (including phenoxy) is 3. The molecule has 3 fully saturated rings. The van der Waals surface area contributed by atoms with Gasteiger partial charge in [-0.05, 0) is 69.8 Å². The number of rotatable bonds is 8. The number of hydrogen-bond donors (Lipinski definition) is 1. The number of fused-ring (bicyclic) bond motifs is 2. The summed E-state index contributed by atoms with van der Waals surface area (Å²) in [7, 11) is 1.37. The van der Waals surface area contributed by atoms with E-state index in [0.717, 1.165) is 25.3 Å². The van der Waals surface area contributed by atoms with Gasteiger partial charge in [-0.15, -0.1) is 0 Å². The van der Waals surface area contributed by atoms with Crippen molar-refractivity contribution in [2.45, 2.75) is 64.0 Å². The van der Waals surface area contributed by atoms with E-state index < -0.39 is 11.7 Å². The average molecular weight is 603 g/mol. The molecule has 1 N–H and O–H groups in total. The third-order valence-electron chi connectivity index (χ3n) is 7.65. The second kappa shape index (κ2) is 11.3. The van der Waals surface area contributed by atoms with Crippen LogP contribution in [0, 0.1) is 29.5 Å². The van der Waals surface area contributed by atoms with Gasteiger partial charge in [-0.25, -0.2) is 4.39 Å². The van der Waals surface area contributed by atoms with Gasteiger partial charge in [0.2, 0.25) is 0 Å². The van der Waals surface area contributed by atoms with Gasteiger partial charge in [-0.2, -0.15) is 0 Å². The maximum Gasteiger partial charge on any atom is 0.320 e. The molecule has 0 saturated heterocycles. The van der Waals surface area contributed by atoms with E-state index in [-0.39, 0.29) is 64.8 Å². The standard InChI is InChI=1S/C25H31FINO7/c1-3-33-24(30)13-6-8-16(9-7-13)34-20-11-17(19(32-2)12-18(20)26)23(29)28-22-15-5-4-14(10-15)21(22)25(31)35-27/h11-16,21-22H,3-10H2,1-2H3,(H,28,29)/t13?,14-,15+,16?,21+,22-/m1/s1. The van der Waals surface area contributed by atoms with Crippen LogP contribution in [0.1, 0.15) is 62.2 Å². The minimum absolute atomic E-state index is 0.0355. The molecule has 2 bridgehead atoms. The van der Waals surface area contributed by atoms with Gasteiger partial charge in [0.05, 0.1) is 37.2 Å². The molecule has 3 aliphatic carbocycles. The maximum absolute atomic E-state index is 14.8. The van der Waals surface area contributed by atoms with E-state index in [2.05, 4.69) is 5.32 Å². The molecule has 192 valence electrons. The fourth-order valence-corrected chi connectivity index (χ4v) is 6.24. The molecule has 3 saturated carbocycles. The van der Waals surface area contributed by atoms with Gasteiger partial charge < -0.3 is 22.6 Å². The van der Waals surface area contributed by atoms with Gasteiger partial charge in [0, 0.05) is 12.1 Å². The normalized spacial score (nSPS) is 29.4. The van der Waals surface area contributed by atoms with Crippen LogP contribution < -0.4 is 14.8 Å². The van der Waals surface area contributed by atoms with Crippen molar-refractivity contribution in [3.05, 3.63) is 23.5 Å². The summed E-state index contributed by atoms with van der Waals surface area (Å²) in [4.78, 5) is 37.6. The van der Waals surface area contributed by atoms with E-state index in [1.54, 1.807) is 29.9 Å². The molecule has 0 radical (unpaired) electrons. The molecular weight excluding hydrogens is 572 g/mol. The Kier molecular flexibility index (Phi) is 8.38. The van der Waals surface area contributed by atoms with Crippen LogP contribution in [0.5, 0.6) is 11.5 Å². The predicted octanol–water partition coefficient (Wildman–Crippen LogP) is 4.37. The lowest BCUT2D eigenvalue weighted by Gasteiger charge is -2.30. The van der Waals surface area contributed by atoms with Gasteiger partial charge in [0.1, 0.15) is 5.75 Å². The highest BCUT2D eigenvalue weighted by Crippen LogP contribution is 2.49. The molecule has 0 heterocycles. The SMILES string of the molecule is CCOC(=O)C1CCC(Oc2cc(C(=O)N[C@@H]3[C@H]4CC[C@H](C4)[C@@H]3C(=O)OI)c(OC)cc2F)CC1. The summed E-state index contributed by atoms with van der Waals surface area (Å²) in [5.74, 6) is -1.68. The first-order chi connectivity index (χ1) is 16.9. The highest BCUT2D eigenvalue weighted by atomic mass is 127. The molecule has 10 heteroatoms. The topological polar surface area (TPSA) is 100 Å². The second-order valence-corrected chi connectivity index (χ2v) is 10.0. The van der Waals surface area contributed by atoms with Gasteiger partial charge in [-0.1, -0.05) is 0 Å². The second-order valence-electron chi connectivity index (χ2n) is 9.58. The van der Waals surface area contributed by atoms with Crippen LogP contribution in [0.3, 0.4) is 0 Å². The van der Waals surface area contributed by atoms with Crippen LogP contribution in [-0.4, -0.2) is 43.7 Å². The molecule has 0 aromatic heterocycles. The minimum atomic E-state index is -0.628. The van der Waals surface area contributed by atoms with Gasteiger partial charge >= 0.3 is 11.9 Å². The van der Waals surface area contributed by atoms with Gasteiger partial charge in [-0.3, -0.25) is 14.4 Å². The quantitative estimate of drug-likeness (QED) is 0.348. The largest absolute Gasteiger partial charge is 0.496 e. The number of halogens is 2. The lowest BCUT2D eigenvalue weighted by Crippen LogP contribution is -2.47. The van der Waals surface area contributed by atoms with E-state index in [1.807, 2.05) is 0 Å². The summed E-state index contributed by atoms with van der Waals surface area (Å²) in [5.41, 5.74) is 0.147. The van der Waals surface area contributed by atoms with Crippen LogP contribution in [0.2, 0.25) is 0 Å². The molecule has 4 rings (SSSR count). The highest BCUT2D eigenvalue weighted by molar-refractivity contribution is 14.1. The van der Waals surface area contributed by atoms with E-state index >= 15 is 0 Å². The van der Waals surface area contributed by atoms with Crippen molar-refractivity contribution in [1.82, 2.24) is 5.32 Å². The van der Waals surface area contributed by atoms with Crippen LogP contribution in [0.4, 0.5) is 4.39 Å². The number of esters is 1. The Morgan fingerprint density at radius 1 is 1.03 bits per heavy atom. The predicted molar refractivity (Wildman–Crippen MR) is 132 cm³/mol. The summed E-state index contributed by atoms with van der Waals surface area (Å²) in [6.07, 6.45) is 4.88. The summed E-state index contributed by atoms with van der Waals surface area (Å²) in [5, 5.41) is 2.99. The van der Waals surface area contributed by atoms with Crippen molar-refractivity contribution in [2.24, 2.45) is 23.7 Å². The third kappa shape index (κ3) is 5.51. The van der Waals surface area contributed by atoms with Crippen molar-refractivity contribution >= 4 is 40.9 Å². The molecule has 4 atom stereocenters. The molecular formula is C25H31FINO7. The van der Waals surface area contributed by atoms with Crippen molar-refractivity contribution in [3.8, 4) is 11.5 Å². The Labute approximate surface area is 218 Å². The number of carbonyl (C=O) groups excluding carboxylic acids is 3. The van der Waals surface area contributed by atoms with E-state index in [1.165, 1.54) is 13.2 Å². The van der Waals surface area contributed by atoms with Crippen LogP contribution in [0.25, 0.3) is 0 Å². The van der Waals surface area contributed by atoms with Crippen molar-refractivity contribution < 1.29 is 36.1 Å². The number of nitrogens with one attached hydrogen (secondary N) is 1. The molecule has 0 aliphatic heterocycles. The molecule has 0 spiro atoms. The molecule has 0 unspecified atom stereocenters. The van der Waals surface area contributed by atoms with Crippen LogP contribution in [-0.2, 0) is 17.4 Å². The zero-order chi connectivity index (χ0) is 25.1. The number of carbonyl (C=O) groups is 3. The summed E-state index contributed by atoms with van der Waals surface area (Å²) < 4.78 is 36.1. The number of benzene rings is 1. The number of hydrogen-bond acceptors (Lipinski definition) is 7. The Morgan fingerprint density at radius 3 is 2.40 bits per heavy atom. The van der Waals surface area contributed by atoms with E-state index in [9.17, 15) is 18.8 Å². The Bertz CT molecular complexity index is 965. The first-order valence-electron chi connectivity index (χ1n) is 12.2. The smallest absolute Gasteiger partial charge is 0.320 e. The van der Waals surface area contributed by atoms with Crippen LogP contribution >= 0.6 is 23.0 Å². The van der Waals surface area contributed by atoms with E-state index in [0.29, 0.717) is 32.3 Å². The molecule has 35 heavy (non-hydrogen) atoms. The maximum atomic E-state index is 14.8. The molecule has 8 nitrogen and oxygen atoms in total. The summed E-state index contributed by atoms with van der Waals surface area (Å²) >= 11 is 1.59. The first-order valence-corrected chi connectivity index (χ1v) is 13.1. The fraction of sp³-hybridized carbons (Fsp3) is 0.640. The number of amides is 1. The van der Waals surface area contributed by atoms with E-state index in [4.69, 9.17) is 17.3 Å². The van der Waals surface area contributed by atoms with Crippen molar-refractivity contribution in [3.63, 3.8) is 0 Å². The van der Waals surface area contributed by atoms with Gasteiger partial charge in [0.25, 0.3) is 5.91 Å². The average Bonchev–Trinajstić information content (AvgIpc) is 3.47. The van der Waals surface area contributed by atoms with Crippen molar-refractivity contribution in [1.29, 1.82) is 0 Å². The third-order valence-corrected chi connectivity index (χ3v) is 8.08. The molecule has 1 aromatic carbocycles. The number of methoxy groups -OCH3 is 1. The lowest BCUT2D eigenvalue weighted by atomic mass is 9.84. The molecule has 3 aliphatic rings. The Morgan fingerprint density at radius 2 is 1.74 bits per heavy atom. The highest BCUT2D eigenvalue weighted by Gasteiger charge is 2.52. The van der Waals surface area contributed by atoms with Crippen LogP contribution in [0.15, 0.2) is 12.1 Å². The fourth-order valence-electron chi connectivity index (χ4n) is 5.95. The Balaban J connectivity index is 1.46. The molecule has 1 amide bonds. The monoisotopic (exact) mass is 603 g/mol. The lowest BCUT2D eigenvalue weighted by molar-refractivity contribution is -0.149. The zero-order valence-corrected chi connectivity index (χ0v) is 22.0. The van der Waals surface area contributed by atoms with Gasteiger partial charge in [0.15, 0.2) is 34.6 Å². The van der Waals surface area contributed by atoms with Crippen molar-refractivity contribution in [2.75, 3.05) is 13.7 Å². The zero-order valence-electron chi connectivity index (χ0n) is 19.9. The first kappa shape index (κ1) is 26.0. The summed E-state index contributed by atoms with van der Waals surface area (Å²) in [6.45, 7) is 2.12.